The van der Waals surface area contributed by atoms with Crippen LogP contribution in [0.4, 0.5) is 5.69 Å². The molecule has 1 N–H and O–H groups in total. The lowest BCUT2D eigenvalue weighted by atomic mass is 10.1. The number of benzene rings is 1. The van der Waals surface area contributed by atoms with E-state index >= 15 is 0 Å². The third-order valence-electron chi connectivity index (χ3n) is 4.80. The fourth-order valence-electron chi connectivity index (χ4n) is 3.42. The quantitative estimate of drug-likeness (QED) is 0.714. The zero-order valence-corrected chi connectivity index (χ0v) is 17.0. The molecule has 3 rings (SSSR count). The van der Waals surface area contributed by atoms with Gasteiger partial charge in [-0.1, -0.05) is 6.07 Å². The molecule has 0 bridgehead atoms. The van der Waals surface area contributed by atoms with Gasteiger partial charge >= 0.3 is 5.97 Å². The summed E-state index contributed by atoms with van der Waals surface area (Å²) >= 11 is 1.67. The van der Waals surface area contributed by atoms with Crippen LogP contribution in [0.15, 0.2) is 29.6 Å². The highest BCUT2D eigenvalue weighted by Gasteiger charge is 2.30. The van der Waals surface area contributed by atoms with E-state index in [4.69, 9.17) is 14.2 Å². The molecular formula is C20H24N2O5S. The van der Waals surface area contributed by atoms with E-state index in [1.165, 1.54) is 26.2 Å². The van der Waals surface area contributed by atoms with Crippen LogP contribution in [0.25, 0.3) is 0 Å². The van der Waals surface area contributed by atoms with Crippen molar-refractivity contribution in [2.24, 2.45) is 0 Å². The van der Waals surface area contributed by atoms with E-state index in [1.54, 1.807) is 23.5 Å². The molecule has 7 nitrogen and oxygen atoms in total. The second kappa shape index (κ2) is 8.97. The van der Waals surface area contributed by atoms with E-state index in [9.17, 15) is 9.59 Å². The Labute approximate surface area is 168 Å². The molecule has 2 heterocycles. The molecule has 0 spiro atoms. The van der Waals surface area contributed by atoms with E-state index in [0.717, 1.165) is 19.4 Å². The number of nitrogens with zero attached hydrogens (tertiary/aromatic N) is 1. The third kappa shape index (κ3) is 4.06. The first-order chi connectivity index (χ1) is 13.6. The van der Waals surface area contributed by atoms with Gasteiger partial charge in [-0.25, -0.2) is 4.79 Å². The van der Waals surface area contributed by atoms with Crippen molar-refractivity contribution >= 4 is 28.9 Å². The molecule has 1 aromatic heterocycles. The number of likely N-dealkylation sites (tertiary alicyclic amines) is 1. The Balaban J connectivity index is 1.77. The minimum atomic E-state index is -0.520. The molecule has 0 unspecified atom stereocenters. The van der Waals surface area contributed by atoms with E-state index < -0.39 is 5.97 Å². The highest BCUT2D eigenvalue weighted by Crippen LogP contribution is 2.36. The van der Waals surface area contributed by atoms with Crippen molar-refractivity contribution in [1.29, 1.82) is 0 Å². The molecule has 0 radical (unpaired) electrons. The van der Waals surface area contributed by atoms with Gasteiger partial charge in [0, 0.05) is 23.6 Å². The molecule has 0 aliphatic carbocycles. The van der Waals surface area contributed by atoms with Crippen molar-refractivity contribution in [3.05, 3.63) is 40.1 Å². The molecule has 1 fully saturated rings. The first-order valence-corrected chi connectivity index (χ1v) is 9.88. The molecule has 8 heteroatoms. The van der Waals surface area contributed by atoms with Crippen molar-refractivity contribution in [2.75, 3.05) is 39.7 Å². The van der Waals surface area contributed by atoms with Gasteiger partial charge in [-0.15, -0.1) is 11.3 Å². The van der Waals surface area contributed by atoms with Crippen LogP contribution < -0.4 is 14.8 Å². The van der Waals surface area contributed by atoms with Crippen LogP contribution in [0.3, 0.4) is 0 Å². The lowest BCUT2D eigenvalue weighted by molar-refractivity contribution is -0.130. The summed E-state index contributed by atoms with van der Waals surface area (Å²) in [7, 11) is 4.32. The number of methoxy groups -OCH3 is 3. The van der Waals surface area contributed by atoms with E-state index in [0.29, 0.717) is 17.2 Å². The number of thiophene rings is 1. The molecule has 1 aliphatic rings. The molecule has 1 atom stereocenters. The summed E-state index contributed by atoms with van der Waals surface area (Å²) in [6, 6.07) is 7.38. The molecule has 1 aliphatic heterocycles. The molecular weight excluding hydrogens is 380 g/mol. The summed E-state index contributed by atoms with van der Waals surface area (Å²) in [6.45, 7) is 0.806. The van der Waals surface area contributed by atoms with Gasteiger partial charge in [0.15, 0.2) is 11.5 Å². The van der Waals surface area contributed by atoms with E-state index in [1.807, 2.05) is 16.3 Å². The van der Waals surface area contributed by atoms with Crippen LogP contribution in [0, 0.1) is 0 Å². The number of carbonyl (C=O) groups excluding carboxylic acids is 2. The van der Waals surface area contributed by atoms with Crippen molar-refractivity contribution in [1.82, 2.24) is 4.90 Å². The number of amides is 1. The zero-order valence-electron chi connectivity index (χ0n) is 16.2. The number of ether oxygens (including phenoxy) is 3. The third-order valence-corrected chi connectivity index (χ3v) is 5.78. The Morgan fingerprint density at radius 2 is 1.96 bits per heavy atom. The van der Waals surface area contributed by atoms with Crippen LogP contribution >= 0.6 is 11.3 Å². The second-order valence-corrected chi connectivity index (χ2v) is 7.34. The van der Waals surface area contributed by atoms with Crippen LogP contribution in [0.1, 0.15) is 34.1 Å². The number of esters is 1. The Hall–Kier alpha value is -2.74. The SMILES string of the molecule is COC(=O)c1cc(OC)c(OC)cc1NCC(=O)N1CCC[C@@H]1c1cccs1. The fraction of sp³-hybridized carbons (Fsp3) is 0.400. The molecule has 1 aromatic carbocycles. The van der Waals surface area contributed by atoms with Crippen LogP contribution in [0.5, 0.6) is 11.5 Å². The molecule has 28 heavy (non-hydrogen) atoms. The molecule has 1 saturated heterocycles. The second-order valence-electron chi connectivity index (χ2n) is 6.36. The summed E-state index contributed by atoms with van der Waals surface area (Å²) in [5, 5.41) is 5.10. The van der Waals surface area contributed by atoms with Crippen LogP contribution in [0.2, 0.25) is 0 Å². The van der Waals surface area contributed by atoms with Crippen molar-refractivity contribution in [3.8, 4) is 11.5 Å². The van der Waals surface area contributed by atoms with Crippen molar-refractivity contribution in [3.63, 3.8) is 0 Å². The molecule has 1 amide bonds. The highest BCUT2D eigenvalue weighted by molar-refractivity contribution is 7.10. The average Bonchev–Trinajstić information content (AvgIpc) is 3.42. The van der Waals surface area contributed by atoms with Gasteiger partial charge in [0.05, 0.1) is 45.2 Å². The lowest BCUT2D eigenvalue weighted by Crippen LogP contribution is -2.35. The Bertz CT molecular complexity index is 837. The largest absolute Gasteiger partial charge is 0.493 e. The number of rotatable bonds is 7. The highest BCUT2D eigenvalue weighted by atomic mass is 32.1. The van der Waals surface area contributed by atoms with Gasteiger partial charge in [-0.3, -0.25) is 4.79 Å². The van der Waals surface area contributed by atoms with Crippen molar-refractivity contribution in [2.45, 2.75) is 18.9 Å². The van der Waals surface area contributed by atoms with Gasteiger partial charge in [-0.2, -0.15) is 0 Å². The average molecular weight is 404 g/mol. The topological polar surface area (TPSA) is 77.1 Å². The normalized spacial score (nSPS) is 16.0. The Kier molecular flexibility index (Phi) is 6.41. The minimum Gasteiger partial charge on any atom is -0.493 e. The maximum atomic E-state index is 12.8. The van der Waals surface area contributed by atoms with E-state index in [-0.39, 0.29) is 24.1 Å². The molecule has 150 valence electrons. The number of carbonyl (C=O) groups is 2. The van der Waals surface area contributed by atoms with Gasteiger partial charge in [0.2, 0.25) is 5.91 Å². The number of hydrogen-bond acceptors (Lipinski definition) is 7. The number of hydrogen-bond donors (Lipinski definition) is 1. The monoisotopic (exact) mass is 404 g/mol. The summed E-state index contributed by atoms with van der Waals surface area (Å²) in [4.78, 5) is 28.1. The number of anilines is 1. The maximum absolute atomic E-state index is 12.8. The lowest BCUT2D eigenvalue weighted by Gasteiger charge is -2.24. The molecule has 0 saturated carbocycles. The summed E-state index contributed by atoms with van der Waals surface area (Å²) < 4.78 is 15.4. The van der Waals surface area contributed by atoms with Gasteiger partial charge in [0.1, 0.15) is 0 Å². The first kappa shape index (κ1) is 20.0. The van der Waals surface area contributed by atoms with Crippen LogP contribution in [-0.2, 0) is 9.53 Å². The fourth-order valence-corrected chi connectivity index (χ4v) is 4.29. The predicted molar refractivity (Wildman–Crippen MR) is 107 cm³/mol. The number of nitrogens with one attached hydrogen (secondary N) is 1. The maximum Gasteiger partial charge on any atom is 0.340 e. The summed E-state index contributed by atoms with van der Waals surface area (Å²) in [5.74, 6) is 0.342. The zero-order chi connectivity index (χ0) is 20.1. The Morgan fingerprint density at radius 3 is 2.61 bits per heavy atom. The van der Waals surface area contributed by atoms with Crippen LogP contribution in [-0.4, -0.2) is 51.2 Å². The molecule has 2 aromatic rings. The van der Waals surface area contributed by atoms with Gasteiger partial charge in [-0.05, 0) is 24.3 Å². The smallest absolute Gasteiger partial charge is 0.340 e. The van der Waals surface area contributed by atoms with E-state index in [2.05, 4.69) is 11.4 Å². The predicted octanol–water partition coefficient (Wildman–Crippen LogP) is 3.33. The first-order valence-electron chi connectivity index (χ1n) is 9.00. The summed E-state index contributed by atoms with van der Waals surface area (Å²) in [5.41, 5.74) is 0.744. The van der Waals surface area contributed by atoms with Gasteiger partial charge in [0.25, 0.3) is 0 Å². The van der Waals surface area contributed by atoms with Crippen molar-refractivity contribution < 1.29 is 23.8 Å². The van der Waals surface area contributed by atoms with Gasteiger partial charge < -0.3 is 24.4 Å². The Morgan fingerprint density at radius 1 is 1.21 bits per heavy atom. The minimum absolute atomic E-state index is 0.0125. The standard InChI is InChI=1S/C20H24N2O5S/c1-25-16-10-13(20(24)27-3)14(11-17(16)26-2)21-12-19(23)22-8-4-6-15(22)18-7-5-9-28-18/h5,7,9-11,15,21H,4,6,8,12H2,1-3H3/t15-/m1/s1. The summed E-state index contributed by atoms with van der Waals surface area (Å²) in [6.07, 6.45) is 1.95.